The van der Waals surface area contributed by atoms with E-state index in [-0.39, 0.29) is 16.4 Å². The van der Waals surface area contributed by atoms with Gasteiger partial charge in [-0.2, -0.15) is 0 Å². The van der Waals surface area contributed by atoms with Crippen LogP contribution in [-0.2, 0) is 9.59 Å². The van der Waals surface area contributed by atoms with Gasteiger partial charge in [-0.1, -0.05) is 11.6 Å². The van der Waals surface area contributed by atoms with Gasteiger partial charge in [0.15, 0.2) is 0 Å². The van der Waals surface area contributed by atoms with Crippen LogP contribution >= 0.6 is 11.6 Å². The number of carbonyl (C=O) groups is 3. The maximum Gasteiger partial charge on any atom is 0.283 e. The van der Waals surface area contributed by atoms with E-state index in [1.54, 1.807) is 0 Å². The summed E-state index contributed by atoms with van der Waals surface area (Å²) in [7, 11) is 0. The second-order valence-corrected chi connectivity index (χ2v) is 7.15. The first-order valence-corrected chi connectivity index (χ1v) is 9.69. The first-order chi connectivity index (χ1) is 15.3. The van der Waals surface area contributed by atoms with Crippen LogP contribution in [0.1, 0.15) is 10.4 Å². The Morgan fingerprint density at radius 1 is 0.750 bits per heavy atom. The van der Waals surface area contributed by atoms with Crippen LogP contribution < -0.4 is 15.5 Å². The fourth-order valence-electron chi connectivity index (χ4n) is 3.02. The molecule has 32 heavy (non-hydrogen) atoms. The highest BCUT2D eigenvalue weighted by Gasteiger charge is 2.38. The zero-order chi connectivity index (χ0) is 22.8. The Kier molecular flexibility index (Phi) is 5.70. The van der Waals surface area contributed by atoms with Crippen LogP contribution in [0.15, 0.2) is 83.5 Å². The molecule has 4 rings (SSSR count). The molecular formula is C23H14ClF2N3O3. The highest BCUT2D eigenvalue weighted by molar-refractivity contribution is 6.53. The van der Waals surface area contributed by atoms with Crippen molar-refractivity contribution in [3.63, 3.8) is 0 Å². The molecule has 3 aromatic carbocycles. The van der Waals surface area contributed by atoms with E-state index in [4.69, 9.17) is 11.6 Å². The Labute approximate surface area is 186 Å². The average molecular weight is 454 g/mol. The van der Waals surface area contributed by atoms with Crippen LogP contribution in [-0.4, -0.2) is 17.7 Å². The van der Waals surface area contributed by atoms with E-state index in [1.165, 1.54) is 60.7 Å². The van der Waals surface area contributed by atoms with E-state index in [1.807, 2.05) is 0 Å². The van der Waals surface area contributed by atoms with Crippen molar-refractivity contribution in [3.05, 3.63) is 101 Å². The second kappa shape index (κ2) is 8.60. The molecule has 0 atom stereocenters. The number of anilines is 3. The summed E-state index contributed by atoms with van der Waals surface area (Å²) < 4.78 is 26.1. The molecule has 3 aromatic rings. The number of benzene rings is 3. The topological polar surface area (TPSA) is 78.5 Å². The van der Waals surface area contributed by atoms with Crippen molar-refractivity contribution >= 4 is 46.4 Å². The molecule has 1 aliphatic heterocycles. The molecule has 3 amide bonds. The first-order valence-electron chi connectivity index (χ1n) is 9.31. The molecule has 1 aliphatic rings. The lowest BCUT2D eigenvalue weighted by Gasteiger charge is -2.15. The molecule has 0 saturated carbocycles. The molecular weight excluding hydrogens is 440 g/mol. The lowest BCUT2D eigenvalue weighted by Crippen LogP contribution is -2.32. The minimum absolute atomic E-state index is 0.135. The van der Waals surface area contributed by atoms with E-state index in [0.717, 1.165) is 17.0 Å². The Morgan fingerprint density at radius 3 is 1.88 bits per heavy atom. The van der Waals surface area contributed by atoms with Gasteiger partial charge in [-0.05, 0) is 72.8 Å². The van der Waals surface area contributed by atoms with Gasteiger partial charge in [-0.3, -0.25) is 14.4 Å². The fourth-order valence-corrected chi connectivity index (χ4v) is 3.23. The summed E-state index contributed by atoms with van der Waals surface area (Å²) in [6.07, 6.45) is 0. The highest BCUT2D eigenvalue weighted by Crippen LogP contribution is 2.30. The van der Waals surface area contributed by atoms with Crippen molar-refractivity contribution < 1.29 is 23.2 Å². The lowest BCUT2D eigenvalue weighted by molar-refractivity contribution is -0.120. The number of hydrogen-bond donors (Lipinski definition) is 2. The second-order valence-electron chi connectivity index (χ2n) is 6.77. The number of halogens is 3. The molecule has 0 aromatic heterocycles. The van der Waals surface area contributed by atoms with Crippen LogP contribution in [0, 0.1) is 11.6 Å². The Hall–Kier alpha value is -4.04. The predicted octanol–water partition coefficient (Wildman–Crippen LogP) is 4.65. The molecule has 9 heteroatoms. The maximum atomic E-state index is 13.2. The molecule has 6 nitrogen and oxygen atoms in total. The fraction of sp³-hybridized carbons (Fsp3) is 0. The van der Waals surface area contributed by atoms with Gasteiger partial charge < -0.3 is 10.6 Å². The molecule has 2 N–H and O–H groups in total. The molecule has 0 fully saturated rings. The molecule has 0 saturated heterocycles. The maximum absolute atomic E-state index is 13.2. The summed E-state index contributed by atoms with van der Waals surface area (Å²) in [6.45, 7) is 0. The summed E-state index contributed by atoms with van der Waals surface area (Å²) in [5.41, 5.74) is 1.22. The van der Waals surface area contributed by atoms with Gasteiger partial charge in [0.1, 0.15) is 22.4 Å². The number of nitrogens with one attached hydrogen (secondary N) is 2. The van der Waals surface area contributed by atoms with Crippen molar-refractivity contribution in [1.29, 1.82) is 0 Å². The third kappa shape index (κ3) is 4.21. The van der Waals surface area contributed by atoms with Gasteiger partial charge in [0.05, 0.1) is 5.69 Å². The third-order valence-corrected chi connectivity index (χ3v) is 4.98. The summed E-state index contributed by atoms with van der Waals surface area (Å²) in [5, 5.41) is 5.12. The van der Waals surface area contributed by atoms with Gasteiger partial charge in [0.2, 0.25) is 0 Å². The van der Waals surface area contributed by atoms with E-state index in [9.17, 15) is 23.2 Å². The van der Waals surface area contributed by atoms with Crippen molar-refractivity contribution in [3.8, 4) is 0 Å². The molecule has 0 aliphatic carbocycles. The normalized spacial score (nSPS) is 13.5. The van der Waals surface area contributed by atoms with Crippen LogP contribution in [0.3, 0.4) is 0 Å². The van der Waals surface area contributed by atoms with E-state index >= 15 is 0 Å². The SMILES string of the molecule is O=C(Nc1ccc(F)cc1)c1ccc(NC2=C(Cl)C(=O)N(c3ccc(F)cc3)C2=O)cc1. The highest BCUT2D eigenvalue weighted by atomic mass is 35.5. The van der Waals surface area contributed by atoms with Gasteiger partial charge in [-0.15, -0.1) is 0 Å². The summed E-state index contributed by atoms with van der Waals surface area (Å²) in [5.74, 6) is -2.75. The minimum Gasteiger partial charge on any atom is -0.350 e. The molecule has 160 valence electrons. The van der Waals surface area contributed by atoms with Gasteiger partial charge in [0, 0.05) is 16.9 Å². The zero-order valence-corrected chi connectivity index (χ0v) is 17.0. The molecule has 1 heterocycles. The Balaban J connectivity index is 1.47. The van der Waals surface area contributed by atoms with Crippen LogP contribution in [0.5, 0.6) is 0 Å². The zero-order valence-electron chi connectivity index (χ0n) is 16.2. The molecule has 0 radical (unpaired) electrons. The van der Waals surface area contributed by atoms with Crippen molar-refractivity contribution in [2.45, 2.75) is 0 Å². The van der Waals surface area contributed by atoms with Crippen LogP contribution in [0.2, 0.25) is 0 Å². The van der Waals surface area contributed by atoms with Gasteiger partial charge in [-0.25, -0.2) is 13.7 Å². The first kappa shape index (κ1) is 21.2. The Morgan fingerprint density at radius 2 is 1.28 bits per heavy atom. The van der Waals surface area contributed by atoms with Crippen LogP contribution in [0.25, 0.3) is 0 Å². The lowest BCUT2D eigenvalue weighted by atomic mass is 10.2. The van der Waals surface area contributed by atoms with E-state index in [0.29, 0.717) is 16.9 Å². The molecule has 0 spiro atoms. The Bertz CT molecular complexity index is 1240. The summed E-state index contributed by atoms with van der Waals surface area (Å²) >= 11 is 6.07. The quantitative estimate of drug-likeness (QED) is 0.551. The smallest absolute Gasteiger partial charge is 0.283 e. The molecule has 0 unspecified atom stereocenters. The predicted molar refractivity (Wildman–Crippen MR) is 116 cm³/mol. The number of imide groups is 1. The van der Waals surface area contributed by atoms with Gasteiger partial charge >= 0.3 is 0 Å². The number of rotatable bonds is 5. The van der Waals surface area contributed by atoms with E-state index < -0.39 is 29.4 Å². The number of amides is 3. The van der Waals surface area contributed by atoms with Crippen molar-refractivity contribution in [1.82, 2.24) is 0 Å². The van der Waals surface area contributed by atoms with Crippen LogP contribution in [0.4, 0.5) is 25.8 Å². The molecule has 0 bridgehead atoms. The standard InChI is InChI=1S/C23H14ClF2N3O3/c24-19-20(23(32)29(22(19)31)18-11-5-15(26)6-12-18)27-16-7-1-13(2-8-16)21(30)28-17-9-3-14(25)4-10-17/h1-12,27H,(H,28,30). The number of nitrogens with zero attached hydrogens (tertiary/aromatic N) is 1. The van der Waals surface area contributed by atoms with Gasteiger partial charge in [0.25, 0.3) is 17.7 Å². The van der Waals surface area contributed by atoms with Crippen molar-refractivity contribution in [2.75, 3.05) is 15.5 Å². The largest absolute Gasteiger partial charge is 0.350 e. The minimum atomic E-state index is -0.735. The number of carbonyl (C=O) groups excluding carboxylic acids is 3. The summed E-state index contributed by atoms with van der Waals surface area (Å²) in [6, 6.07) is 16.3. The van der Waals surface area contributed by atoms with Crippen molar-refractivity contribution in [2.24, 2.45) is 0 Å². The summed E-state index contributed by atoms with van der Waals surface area (Å²) in [4.78, 5) is 38.4. The third-order valence-electron chi connectivity index (χ3n) is 4.63. The number of hydrogen-bond acceptors (Lipinski definition) is 4. The average Bonchev–Trinajstić information content (AvgIpc) is 3.00. The monoisotopic (exact) mass is 453 g/mol. The van der Waals surface area contributed by atoms with E-state index in [2.05, 4.69) is 10.6 Å².